The zero-order chi connectivity index (χ0) is 29.2. The number of rotatable bonds is 9. The SMILES string of the molecule is COC(=O)c1ccc2nc([C@H](C)N3CCC(c4cccc(OCc5ccc(F)cc5F)n4)CC3)n(CC3CCO3)c2c1. The molecule has 220 valence electrons. The zero-order valence-corrected chi connectivity index (χ0v) is 23.8. The Kier molecular flexibility index (Phi) is 8.17. The topological polar surface area (TPSA) is 78.7 Å². The Bertz CT molecular complexity index is 1580. The fourth-order valence-electron chi connectivity index (χ4n) is 5.80. The van der Waals surface area contributed by atoms with Crippen molar-refractivity contribution in [2.75, 3.05) is 26.8 Å². The van der Waals surface area contributed by atoms with Crippen LogP contribution in [0.5, 0.6) is 5.88 Å². The van der Waals surface area contributed by atoms with E-state index in [9.17, 15) is 13.6 Å². The molecule has 2 aromatic carbocycles. The number of halogens is 2. The van der Waals surface area contributed by atoms with Crippen molar-refractivity contribution in [1.29, 1.82) is 0 Å². The van der Waals surface area contributed by atoms with Gasteiger partial charge in [0.15, 0.2) is 0 Å². The van der Waals surface area contributed by atoms with Crippen LogP contribution in [0.2, 0.25) is 0 Å². The van der Waals surface area contributed by atoms with Gasteiger partial charge in [-0.25, -0.2) is 23.5 Å². The van der Waals surface area contributed by atoms with Crippen molar-refractivity contribution in [3.63, 3.8) is 0 Å². The molecule has 0 amide bonds. The molecule has 2 saturated heterocycles. The van der Waals surface area contributed by atoms with Gasteiger partial charge in [0.1, 0.15) is 24.1 Å². The average Bonchev–Trinajstić information content (AvgIpc) is 3.35. The van der Waals surface area contributed by atoms with Crippen LogP contribution in [-0.4, -0.2) is 58.3 Å². The summed E-state index contributed by atoms with van der Waals surface area (Å²) in [5.74, 6) is 0.0312. The van der Waals surface area contributed by atoms with E-state index in [1.54, 1.807) is 12.1 Å². The number of ether oxygens (including phenoxy) is 3. The lowest BCUT2D eigenvalue weighted by Gasteiger charge is -2.36. The molecule has 2 atom stereocenters. The molecule has 1 unspecified atom stereocenters. The van der Waals surface area contributed by atoms with Crippen LogP contribution in [0, 0.1) is 11.6 Å². The molecule has 0 aliphatic carbocycles. The fraction of sp³-hybridized carbons (Fsp3) is 0.406. The molecular weight excluding hydrogens is 542 g/mol. The zero-order valence-electron chi connectivity index (χ0n) is 23.8. The molecule has 0 N–H and O–H groups in total. The van der Waals surface area contributed by atoms with Crippen LogP contribution >= 0.6 is 0 Å². The van der Waals surface area contributed by atoms with Gasteiger partial charge >= 0.3 is 5.97 Å². The summed E-state index contributed by atoms with van der Waals surface area (Å²) in [5, 5.41) is 0. The average molecular weight is 577 g/mol. The maximum absolute atomic E-state index is 14.0. The Morgan fingerprint density at radius 2 is 1.88 bits per heavy atom. The van der Waals surface area contributed by atoms with Crippen LogP contribution in [0.15, 0.2) is 54.6 Å². The standard InChI is InChI=1S/C32H34F2N4O4/c1-20(31-36-28-9-7-22(32(39)40-2)16-29(28)38(31)18-25-12-15-41-25)37-13-10-21(11-14-37)27-4-3-5-30(35-27)42-19-23-6-8-24(33)17-26(23)34/h3-9,16-17,20-21,25H,10-15,18-19H2,1-2H3/t20-,25?/m0/s1. The summed E-state index contributed by atoms with van der Waals surface area (Å²) in [4.78, 5) is 24.4. The van der Waals surface area contributed by atoms with E-state index in [1.165, 1.54) is 19.2 Å². The highest BCUT2D eigenvalue weighted by Crippen LogP contribution is 2.34. The van der Waals surface area contributed by atoms with Gasteiger partial charge in [-0.2, -0.15) is 0 Å². The van der Waals surface area contributed by atoms with Crippen LogP contribution < -0.4 is 4.74 Å². The minimum Gasteiger partial charge on any atom is -0.473 e. The van der Waals surface area contributed by atoms with Crippen molar-refractivity contribution >= 4 is 17.0 Å². The quantitative estimate of drug-likeness (QED) is 0.233. The number of fused-ring (bicyclic) bond motifs is 1. The van der Waals surface area contributed by atoms with Crippen LogP contribution in [0.25, 0.3) is 11.0 Å². The van der Waals surface area contributed by atoms with Crippen molar-refractivity contribution in [1.82, 2.24) is 19.4 Å². The first-order chi connectivity index (χ1) is 20.4. The summed E-state index contributed by atoms with van der Waals surface area (Å²) < 4.78 is 45.9. The summed E-state index contributed by atoms with van der Waals surface area (Å²) >= 11 is 0. The predicted molar refractivity (Wildman–Crippen MR) is 152 cm³/mol. The lowest BCUT2D eigenvalue weighted by Crippen LogP contribution is -2.37. The third-order valence-electron chi connectivity index (χ3n) is 8.38. The van der Waals surface area contributed by atoms with Gasteiger partial charge in [-0.05, 0) is 75.7 Å². The minimum absolute atomic E-state index is 0.0213. The van der Waals surface area contributed by atoms with E-state index < -0.39 is 11.6 Å². The highest BCUT2D eigenvalue weighted by molar-refractivity contribution is 5.93. The summed E-state index contributed by atoms with van der Waals surface area (Å²) in [6.45, 7) is 5.36. The molecule has 2 aliphatic rings. The third-order valence-corrected chi connectivity index (χ3v) is 8.38. The van der Waals surface area contributed by atoms with Gasteiger partial charge in [0.2, 0.25) is 5.88 Å². The fourth-order valence-corrected chi connectivity index (χ4v) is 5.80. The molecule has 0 spiro atoms. The smallest absolute Gasteiger partial charge is 0.337 e. The maximum atomic E-state index is 14.0. The van der Waals surface area contributed by atoms with E-state index in [1.807, 2.05) is 24.3 Å². The monoisotopic (exact) mass is 576 g/mol. The largest absolute Gasteiger partial charge is 0.473 e. The van der Waals surface area contributed by atoms with Gasteiger partial charge in [0, 0.05) is 35.9 Å². The Balaban J connectivity index is 1.14. The van der Waals surface area contributed by atoms with Crippen LogP contribution in [0.3, 0.4) is 0 Å². The van der Waals surface area contributed by atoms with Gasteiger partial charge in [-0.3, -0.25) is 4.90 Å². The normalized spacial score (nSPS) is 18.5. The molecule has 2 aromatic heterocycles. The molecule has 42 heavy (non-hydrogen) atoms. The molecule has 0 radical (unpaired) electrons. The minimum atomic E-state index is -0.634. The highest BCUT2D eigenvalue weighted by atomic mass is 19.1. The number of methoxy groups -OCH3 is 1. The second kappa shape index (κ2) is 12.1. The molecule has 6 rings (SSSR count). The molecular formula is C32H34F2N4O4. The molecule has 2 aliphatic heterocycles. The first-order valence-electron chi connectivity index (χ1n) is 14.4. The number of hydrogen-bond donors (Lipinski definition) is 0. The van der Waals surface area contributed by atoms with E-state index >= 15 is 0 Å². The summed E-state index contributed by atoms with van der Waals surface area (Å²) in [7, 11) is 1.39. The second-order valence-electron chi connectivity index (χ2n) is 11.0. The summed E-state index contributed by atoms with van der Waals surface area (Å²) in [6.07, 6.45) is 2.99. The summed E-state index contributed by atoms with van der Waals surface area (Å²) in [6, 6.07) is 14.7. The molecule has 0 saturated carbocycles. The van der Waals surface area contributed by atoms with Gasteiger partial charge in [-0.15, -0.1) is 0 Å². The Hall–Kier alpha value is -3.89. The summed E-state index contributed by atoms with van der Waals surface area (Å²) in [5.41, 5.74) is 3.49. The number of carbonyl (C=O) groups excluding carboxylic acids is 1. The van der Waals surface area contributed by atoms with Crippen molar-refractivity contribution in [3.05, 3.63) is 88.9 Å². The van der Waals surface area contributed by atoms with E-state index in [4.69, 9.17) is 24.2 Å². The van der Waals surface area contributed by atoms with Crippen molar-refractivity contribution in [3.8, 4) is 5.88 Å². The van der Waals surface area contributed by atoms with Crippen molar-refractivity contribution < 1.29 is 27.8 Å². The number of nitrogens with zero attached hydrogens (tertiary/aromatic N) is 4. The second-order valence-corrected chi connectivity index (χ2v) is 11.0. The first kappa shape index (κ1) is 28.2. The number of aromatic nitrogens is 3. The molecule has 2 fully saturated rings. The van der Waals surface area contributed by atoms with E-state index in [0.717, 1.165) is 67.6 Å². The number of esters is 1. The van der Waals surface area contributed by atoms with Crippen LogP contribution in [0.4, 0.5) is 8.78 Å². The van der Waals surface area contributed by atoms with E-state index in [-0.39, 0.29) is 36.2 Å². The maximum Gasteiger partial charge on any atom is 0.337 e. The van der Waals surface area contributed by atoms with Gasteiger partial charge < -0.3 is 18.8 Å². The number of pyridine rings is 1. The Labute approximate surface area is 243 Å². The van der Waals surface area contributed by atoms with Gasteiger partial charge in [0.25, 0.3) is 0 Å². The van der Waals surface area contributed by atoms with Crippen molar-refractivity contribution in [2.24, 2.45) is 0 Å². The number of likely N-dealkylation sites (tertiary alicyclic amines) is 1. The first-order valence-corrected chi connectivity index (χ1v) is 14.4. The lowest BCUT2D eigenvalue weighted by atomic mass is 9.92. The number of benzene rings is 2. The number of imidazole rings is 1. The Morgan fingerprint density at radius 1 is 1.07 bits per heavy atom. The number of hydrogen-bond acceptors (Lipinski definition) is 7. The number of piperidine rings is 1. The molecule has 10 heteroatoms. The molecule has 0 bridgehead atoms. The Morgan fingerprint density at radius 3 is 2.60 bits per heavy atom. The van der Waals surface area contributed by atoms with Crippen molar-refractivity contribution in [2.45, 2.75) is 57.4 Å². The molecule has 4 heterocycles. The van der Waals surface area contributed by atoms with Gasteiger partial charge in [-0.1, -0.05) is 6.07 Å². The lowest BCUT2D eigenvalue weighted by molar-refractivity contribution is -0.0594. The third kappa shape index (κ3) is 5.87. The van der Waals surface area contributed by atoms with E-state index in [2.05, 4.69) is 16.4 Å². The van der Waals surface area contributed by atoms with E-state index in [0.29, 0.717) is 18.0 Å². The molecule has 8 nitrogen and oxygen atoms in total. The van der Waals surface area contributed by atoms with Crippen LogP contribution in [-0.2, 0) is 22.6 Å². The van der Waals surface area contributed by atoms with Crippen LogP contribution in [0.1, 0.15) is 65.6 Å². The predicted octanol–water partition coefficient (Wildman–Crippen LogP) is 5.80. The highest BCUT2D eigenvalue weighted by Gasteiger charge is 2.30. The molecule has 4 aromatic rings. The number of carbonyl (C=O) groups is 1. The van der Waals surface area contributed by atoms with Gasteiger partial charge in [0.05, 0.1) is 42.4 Å².